The molecular formula is C12H18BrNS. The van der Waals surface area contributed by atoms with Gasteiger partial charge in [0.05, 0.1) is 5.01 Å². The van der Waals surface area contributed by atoms with Crippen LogP contribution in [0.15, 0.2) is 5.38 Å². The number of nitrogens with zero attached hydrogens (tertiary/aromatic N) is 1. The maximum atomic E-state index is 4.60. The first-order chi connectivity index (χ1) is 7.24. The van der Waals surface area contributed by atoms with Gasteiger partial charge in [0, 0.05) is 22.8 Å². The summed E-state index contributed by atoms with van der Waals surface area (Å²) in [6.07, 6.45) is 8.14. The average Bonchev–Trinajstić information content (AvgIpc) is 2.65. The molecule has 2 rings (SSSR count). The van der Waals surface area contributed by atoms with Crippen LogP contribution in [0, 0.1) is 12.3 Å². The van der Waals surface area contributed by atoms with E-state index in [4.69, 9.17) is 0 Å². The first-order valence-corrected chi connectivity index (χ1v) is 7.71. The second kappa shape index (κ2) is 4.96. The second-order valence-electron chi connectivity index (χ2n) is 4.75. The Kier molecular flexibility index (Phi) is 3.83. The highest BCUT2D eigenvalue weighted by atomic mass is 79.9. The molecule has 0 unspecified atom stereocenters. The minimum Gasteiger partial charge on any atom is -0.247 e. The van der Waals surface area contributed by atoms with Gasteiger partial charge in [-0.15, -0.1) is 11.3 Å². The van der Waals surface area contributed by atoms with Crippen molar-refractivity contribution >= 4 is 27.3 Å². The predicted molar refractivity (Wildman–Crippen MR) is 69.9 cm³/mol. The summed E-state index contributed by atoms with van der Waals surface area (Å²) in [5, 5.41) is 4.63. The molecule has 0 amide bonds. The molecule has 0 bridgehead atoms. The number of halogens is 1. The van der Waals surface area contributed by atoms with Crippen LogP contribution in [0.1, 0.15) is 42.8 Å². The summed E-state index contributed by atoms with van der Waals surface area (Å²) in [5.41, 5.74) is 1.68. The number of rotatable bonds is 3. The van der Waals surface area contributed by atoms with E-state index in [1.807, 2.05) is 11.3 Å². The Morgan fingerprint density at radius 1 is 1.40 bits per heavy atom. The van der Waals surface area contributed by atoms with Gasteiger partial charge in [-0.05, 0) is 25.2 Å². The van der Waals surface area contributed by atoms with Gasteiger partial charge in [-0.25, -0.2) is 4.98 Å². The van der Waals surface area contributed by atoms with Crippen LogP contribution in [0.5, 0.6) is 0 Å². The summed E-state index contributed by atoms with van der Waals surface area (Å²) in [4.78, 5) is 4.60. The molecule has 0 atom stereocenters. The molecule has 1 heterocycles. The smallest absolute Gasteiger partial charge is 0.0933 e. The predicted octanol–water partition coefficient (Wildman–Crippen LogP) is 4.34. The zero-order chi connectivity index (χ0) is 10.7. The SMILES string of the molecule is Cc1csc(CC2(CBr)CCCCC2)n1. The van der Waals surface area contributed by atoms with Gasteiger partial charge in [-0.2, -0.15) is 0 Å². The summed E-state index contributed by atoms with van der Waals surface area (Å²) >= 11 is 5.53. The van der Waals surface area contributed by atoms with Crippen LogP contribution in [0.2, 0.25) is 0 Å². The Bertz CT molecular complexity index is 315. The molecule has 84 valence electrons. The normalized spacial score (nSPS) is 20.4. The van der Waals surface area contributed by atoms with Crippen molar-refractivity contribution in [1.82, 2.24) is 4.98 Å². The minimum absolute atomic E-state index is 0.503. The Morgan fingerprint density at radius 3 is 2.67 bits per heavy atom. The molecule has 1 aromatic rings. The van der Waals surface area contributed by atoms with E-state index in [9.17, 15) is 0 Å². The zero-order valence-electron chi connectivity index (χ0n) is 9.26. The monoisotopic (exact) mass is 287 g/mol. The molecule has 1 saturated carbocycles. The largest absolute Gasteiger partial charge is 0.247 e. The van der Waals surface area contributed by atoms with E-state index >= 15 is 0 Å². The van der Waals surface area contributed by atoms with E-state index in [-0.39, 0.29) is 0 Å². The molecule has 1 aliphatic carbocycles. The number of aryl methyl sites for hydroxylation is 1. The fourth-order valence-corrected chi connectivity index (χ4v) is 4.17. The Hall–Kier alpha value is 0.110. The van der Waals surface area contributed by atoms with Crippen molar-refractivity contribution in [2.24, 2.45) is 5.41 Å². The first-order valence-electron chi connectivity index (χ1n) is 5.71. The summed E-state index contributed by atoms with van der Waals surface area (Å²) in [5.74, 6) is 0. The van der Waals surface area contributed by atoms with Crippen LogP contribution < -0.4 is 0 Å². The van der Waals surface area contributed by atoms with Crippen molar-refractivity contribution in [3.63, 3.8) is 0 Å². The van der Waals surface area contributed by atoms with Gasteiger partial charge in [-0.1, -0.05) is 35.2 Å². The van der Waals surface area contributed by atoms with E-state index < -0.39 is 0 Å². The summed E-state index contributed by atoms with van der Waals surface area (Å²) in [6, 6.07) is 0. The molecule has 0 N–H and O–H groups in total. The van der Waals surface area contributed by atoms with Crippen molar-refractivity contribution in [2.45, 2.75) is 45.4 Å². The van der Waals surface area contributed by atoms with Gasteiger partial charge in [-0.3, -0.25) is 0 Å². The summed E-state index contributed by atoms with van der Waals surface area (Å²) in [6.45, 7) is 2.08. The molecule has 3 heteroatoms. The van der Waals surface area contributed by atoms with Crippen molar-refractivity contribution < 1.29 is 0 Å². The van der Waals surface area contributed by atoms with Crippen LogP contribution in [-0.4, -0.2) is 10.3 Å². The van der Waals surface area contributed by atoms with Crippen LogP contribution in [-0.2, 0) is 6.42 Å². The maximum absolute atomic E-state index is 4.60. The molecular weight excluding hydrogens is 270 g/mol. The van der Waals surface area contributed by atoms with Crippen LogP contribution >= 0.6 is 27.3 Å². The molecule has 0 spiro atoms. The van der Waals surface area contributed by atoms with Gasteiger partial charge in [0.2, 0.25) is 0 Å². The lowest BCUT2D eigenvalue weighted by Gasteiger charge is -2.35. The van der Waals surface area contributed by atoms with E-state index in [1.54, 1.807) is 0 Å². The van der Waals surface area contributed by atoms with Crippen LogP contribution in [0.3, 0.4) is 0 Å². The van der Waals surface area contributed by atoms with E-state index in [0.29, 0.717) is 5.41 Å². The molecule has 1 fully saturated rings. The average molecular weight is 288 g/mol. The fourth-order valence-electron chi connectivity index (χ4n) is 2.46. The third-order valence-electron chi connectivity index (χ3n) is 3.39. The van der Waals surface area contributed by atoms with Gasteiger partial charge in [0.1, 0.15) is 0 Å². The minimum atomic E-state index is 0.503. The highest BCUT2D eigenvalue weighted by Gasteiger charge is 2.31. The van der Waals surface area contributed by atoms with Crippen molar-refractivity contribution in [3.05, 3.63) is 16.1 Å². The van der Waals surface area contributed by atoms with E-state index in [2.05, 4.69) is 33.2 Å². The van der Waals surface area contributed by atoms with E-state index in [0.717, 1.165) is 5.33 Å². The molecule has 1 aromatic heterocycles. The van der Waals surface area contributed by atoms with Crippen molar-refractivity contribution in [3.8, 4) is 0 Å². The summed E-state index contributed by atoms with van der Waals surface area (Å²) in [7, 11) is 0. The molecule has 0 aliphatic heterocycles. The Labute approximate surface area is 104 Å². The third-order valence-corrected chi connectivity index (χ3v) is 5.55. The number of thiazole rings is 1. The lowest BCUT2D eigenvalue weighted by Crippen LogP contribution is -2.28. The van der Waals surface area contributed by atoms with Crippen molar-refractivity contribution in [2.75, 3.05) is 5.33 Å². The molecule has 0 radical (unpaired) electrons. The first kappa shape index (κ1) is 11.6. The standard InChI is InChI=1S/C12H18BrNS/c1-10-8-15-11(14-10)7-12(9-13)5-3-2-4-6-12/h8H,2-7,9H2,1H3. The highest BCUT2D eigenvalue weighted by Crippen LogP contribution is 2.41. The third kappa shape index (κ3) is 2.82. The molecule has 15 heavy (non-hydrogen) atoms. The fraction of sp³-hybridized carbons (Fsp3) is 0.750. The summed E-state index contributed by atoms with van der Waals surface area (Å²) < 4.78 is 0. The number of alkyl halides is 1. The lowest BCUT2D eigenvalue weighted by atomic mass is 9.73. The second-order valence-corrected chi connectivity index (χ2v) is 6.26. The van der Waals surface area contributed by atoms with Crippen molar-refractivity contribution in [1.29, 1.82) is 0 Å². The lowest BCUT2D eigenvalue weighted by molar-refractivity contribution is 0.223. The number of aromatic nitrogens is 1. The Morgan fingerprint density at radius 2 is 2.13 bits per heavy atom. The molecule has 1 nitrogen and oxygen atoms in total. The quantitative estimate of drug-likeness (QED) is 0.754. The number of hydrogen-bond acceptors (Lipinski definition) is 2. The molecule has 0 aromatic carbocycles. The van der Waals surface area contributed by atoms with Gasteiger partial charge in [0.25, 0.3) is 0 Å². The van der Waals surface area contributed by atoms with Gasteiger partial charge < -0.3 is 0 Å². The highest BCUT2D eigenvalue weighted by molar-refractivity contribution is 9.09. The maximum Gasteiger partial charge on any atom is 0.0933 e. The Balaban J connectivity index is 2.06. The van der Waals surface area contributed by atoms with Gasteiger partial charge in [0.15, 0.2) is 0 Å². The zero-order valence-corrected chi connectivity index (χ0v) is 11.7. The van der Waals surface area contributed by atoms with Crippen LogP contribution in [0.4, 0.5) is 0 Å². The van der Waals surface area contributed by atoms with Gasteiger partial charge >= 0.3 is 0 Å². The topological polar surface area (TPSA) is 12.9 Å². The molecule has 0 saturated heterocycles. The van der Waals surface area contributed by atoms with Crippen LogP contribution in [0.25, 0.3) is 0 Å². The molecule has 1 aliphatic rings. The van der Waals surface area contributed by atoms with E-state index in [1.165, 1.54) is 49.2 Å². The number of hydrogen-bond donors (Lipinski definition) is 0.